The minimum atomic E-state index is -0.351. The SMILES string of the molecule is Cc1sc2ncnc(N3CCC(C(=O)NC(c4nc(-c5cccnc5)no4)C(C)C)CC3)c2c1C. The molecule has 9 nitrogen and oxygen atoms in total. The molecule has 35 heavy (non-hydrogen) atoms. The fourth-order valence-corrected chi connectivity index (χ4v) is 5.51. The van der Waals surface area contributed by atoms with Crippen molar-refractivity contribution < 1.29 is 9.32 Å². The zero-order valence-electron chi connectivity index (χ0n) is 20.4. The second-order valence-electron chi connectivity index (χ2n) is 9.35. The summed E-state index contributed by atoms with van der Waals surface area (Å²) in [4.78, 5) is 35.5. The van der Waals surface area contributed by atoms with Crippen LogP contribution in [0, 0.1) is 25.7 Å². The Hall–Kier alpha value is -3.40. The largest absolute Gasteiger partial charge is 0.356 e. The smallest absolute Gasteiger partial charge is 0.249 e. The molecule has 1 unspecified atom stereocenters. The minimum Gasteiger partial charge on any atom is -0.356 e. The van der Waals surface area contributed by atoms with E-state index >= 15 is 0 Å². The monoisotopic (exact) mass is 491 g/mol. The van der Waals surface area contributed by atoms with Crippen LogP contribution in [0.2, 0.25) is 0 Å². The highest BCUT2D eigenvalue weighted by atomic mass is 32.1. The van der Waals surface area contributed by atoms with Crippen LogP contribution in [0.5, 0.6) is 0 Å². The van der Waals surface area contributed by atoms with Gasteiger partial charge in [-0.25, -0.2) is 9.97 Å². The van der Waals surface area contributed by atoms with Crippen LogP contribution >= 0.6 is 11.3 Å². The Morgan fingerprint density at radius 3 is 2.74 bits per heavy atom. The fourth-order valence-electron chi connectivity index (χ4n) is 4.52. The van der Waals surface area contributed by atoms with Gasteiger partial charge in [0.15, 0.2) is 0 Å². The van der Waals surface area contributed by atoms with E-state index in [9.17, 15) is 4.79 Å². The first-order valence-corrected chi connectivity index (χ1v) is 12.7. The molecule has 5 rings (SSSR count). The van der Waals surface area contributed by atoms with Gasteiger partial charge in [0.2, 0.25) is 17.6 Å². The molecule has 1 saturated heterocycles. The summed E-state index contributed by atoms with van der Waals surface area (Å²) in [6.07, 6.45) is 6.55. The molecule has 1 aliphatic heterocycles. The number of aromatic nitrogens is 5. The van der Waals surface area contributed by atoms with Gasteiger partial charge in [-0.05, 0) is 50.3 Å². The molecule has 4 aromatic heterocycles. The molecule has 0 saturated carbocycles. The van der Waals surface area contributed by atoms with Crippen LogP contribution in [-0.2, 0) is 4.79 Å². The Bertz CT molecular complexity index is 1330. The molecular weight excluding hydrogens is 462 g/mol. The summed E-state index contributed by atoms with van der Waals surface area (Å²) in [5.41, 5.74) is 2.02. The average Bonchev–Trinajstić information content (AvgIpc) is 3.47. The lowest BCUT2D eigenvalue weighted by atomic mass is 9.94. The second-order valence-corrected chi connectivity index (χ2v) is 10.6. The Labute approximate surface area is 208 Å². The van der Waals surface area contributed by atoms with Gasteiger partial charge >= 0.3 is 0 Å². The third kappa shape index (κ3) is 4.62. The molecule has 1 atom stereocenters. The molecule has 0 radical (unpaired) electrons. The first kappa shape index (κ1) is 23.3. The van der Waals surface area contributed by atoms with Crippen molar-refractivity contribution in [2.75, 3.05) is 18.0 Å². The van der Waals surface area contributed by atoms with Crippen molar-refractivity contribution in [2.45, 2.75) is 46.6 Å². The zero-order chi connectivity index (χ0) is 24.5. The molecule has 10 heteroatoms. The van der Waals surface area contributed by atoms with Crippen molar-refractivity contribution in [3.8, 4) is 11.4 Å². The maximum Gasteiger partial charge on any atom is 0.249 e. The van der Waals surface area contributed by atoms with E-state index in [2.05, 4.69) is 49.2 Å². The summed E-state index contributed by atoms with van der Waals surface area (Å²) in [5.74, 6) is 1.91. The number of rotatable bonds is 6. The summed E-state index contributed by atoms with van der Waals surface area (Å²) in [6, 6.07) is 3.35. The van der Waals surface area contributed by atoms with Gasteiger partial charge in [-0.2, -0.15) is 4.98 Å². The molecule has 0 spiro atoms. The maximum atomic E-state index is 13.2. The standard InChI is InChI=1S/C25H29N7O2S/c1-14(2)20(24-30-21(31-34-24)18-6-5-9-26-12-18)29-23(33)17-7-10-32(11-8-17)22-19-15(3)16(4)35-25(19)28-13-27-22/h5-6,9,12-14,17,20H,7-8,10-11H2,1-4H3,(H,29,33). The molecule has 1 fully saturated rings. The topological polar surface area (TPSA) is 110 Å². The number of anilines is 1. The van der Waals surface area contributed by atoms with Gasteiger partial charge in [-0.15, -0.1) is 11.3 Å². The third-order valence-corrected chi connectivity index (χ3v) is 7.82. The van der Waals surface area contributed by atoms with E-state index in [0.29, 0.717) is 11.7 Å². The quantitative estimate of drug-likeness (QED) is 0.420. The summed E-state index contributed by atoms with van der Waals surface area (Å²) in [6.45, 7) is 9.87. The molecule has 4 aromatic rings. The summed E-state index contributed by atoms with van der Waals surface area (Å²) in [7, 11) is 0. The van der Waals surface area contributed by atoms with Crippen molar-refractivity contribution in [3.05, 3.63) is 47.2 Å². The molecule has 1 aliphatic rings. The van der Waals surface area contributed by atoms with Crippen molar-refractivity contribution in [1.29, 1.82) is 0 Å². The number of nitrogens with zero attached hydrogens (tertiary/aromatic N) is 6. The predicted octanol–water partition coefficient (Wildman–Crippen LogP) is 4.48. The molecule has 5 heterocycles. The van der Waals surface area contributed by atoms with Crippen LogP contribution in [0.3, 0.4) is 0 Å². The first-order chi connectivity index (χ1) is 16.9. The number of thiophene rings is 1. The number of nitrogens with one attached hydrogen (secondary N) is 1. The Balaban J connectivity index is 1.26. The van der Waals surface area contributed by atoms with Gasteiger partial charge in [0.1, 0.15) is 23.0 Å². The van der Waals surface area contributed by atoms with Crippen LogP contribution in [-0.4, -0.2) is 44.1 Å². The summed E-state index contributed by atoms with van der Waals surface area (Å²) < 4.78 is 5.53. The maximum absolute atomic E-state index is 13.2. The number of hydrogen-bond donors (Lipinski definition) is 1. The Kier molecular flexibility index (Phi) is 6.46. The second kappa shape index (κ2) is 9.69. The normalized spacial score (nSPS) is 15.6. The van der Waals surface area contributed by atoms with Gasteiger partial charge in [-0.1, -0.05) is 19.0 Å². The van der Waals surface area contributed by atoms with Gasteiger partial charge in [-0.3, -0.25) is 9.78 Å². The highest BCUT2D eigenvalue weighted by molar-refractivity contribution is 7.18. The molecule has 1 amide bonds. The van der Waals surface area contributed by atoms with Gasteiger partial charge in [0.05, 0.1) is 5.39 Å². The van der Waals surface area contributed by atoms with E-state index in [0.717, 1.165) is 47.5 Å². The van der Waals surface area contributed by atoms with E-state index in [-0.39, 0.29) is 23.8 Å². The average molecular weight is 492 g/mol. The molecule has 1 N–H and O–H groups in total. The number of hydrogen-bond acceptors (Lipinski definition) is 9. The Morgan fingerprint density at radius 1 is 1.23 bits per heavy atom. The number of fused-ring (bicyclic) bond motifs is 1. The summed E-state index contributed by atoms with van der Waals surface area (Å²) in [5, 5.41) is 8.40. The number of pyridine rings is 1. The molecule has 0 aliphatic carbocycles. The van der Waals surface area contributed by atoms with Gasteiger partial charge in [0.25, 0.3) is 0 Å². The van der Waals surface area contributed by atoms with Crippen molar-refractivity contribution in [1.82, 2.24) is 30.4 Å². The molecule has 0 aromatic carbocycles. The number of aryl methyl sites for hydroxylation is 2. The van der Waals surface area contributed by atoms with Gasteiger partial charge in [0, 0.05) is 41.8 Å². The highest BCUT2D eigenvalue weighted by Gasteiger charge is 2.31. The van der Waals surface area contributed by atoms with Crippen LogP contribution in [0.1, 0.15) is 49.1 Å². The lowest BCUT2D eigenvalue weighted by Gasteiger charge is -2.33. The molecule has 0 bridgehead atoms. The summed E-state index contributed by atoms with van der Waals surface area (Å²) >= 11 is 1.70. The van der Waals surface area contributed by atoms with Crippen LogP contribution in [0.25, 0.3) is 21.6 Å². The zero-order valence-corrected chi connectivity index (χ0v) is 21.2. The van der Waals surface area contributed by atoms with E-state index in [1.165, 1.54) is 10.4 Å². The molecule has 182 valence electrons. The van der Waals surface area contributed by atoms with E-state index in [4.69, 9.17) is 4.52 Å². The van der Waals surface area contributed by atoms with Crippen LogP contribution in [0.15, 0.2) is 35.4 Å². The van der Waals surface area contributed by atoms with Crippen LogP contribution in [0.4, 0.5) is 5.82 Å². The minimum absolute atomic E-state index is 0.0277. The highest BCUT2D eigenvalue weighted by Crippen LogP contribution is 2.36. The van der Waals surface area contributed by atoms with E-state index in [1.807, 2.05) is 26.0 Å². The lowest BCUT2D eigenvalue weighted by Crippen LogP contribution is -2.42. The van der Waals surface area contributed by atoms with Gasteiger partial charge < -0.3 is 14.7 Å². The predicted molar refractivity (Wildman–Crippen MR) is 135 cm³/mol. The third-order valence-electron chi connectivity index (χ3n) is 6.70. The van der Waals surface area contributed by atoms with Crippen molar-refractivity contribution in [3.63, 3.8) is 0 Å². The number of piperidine rings is 1. The molecular formula is C25H29N7O2S. The number of carbonyl (C=O) groups excluding carboxylic acids is 1. The number of amides is 1. The van der Waals surface area contributed by atoms with Crippen molar-refractivity contribution >= 4 is 33.3 Å². The fraction of sp³-hybridized carbons (Fsp3) is 0.440. The van der Waals surface area contributed by atoms with E-state index < -0.39 is 0 Å². The van der Waals surface area contributed by atoms with Crippen molar-refractivity contribution in [2.24, 2.45) is 11.8 Å². The Morgan fingerprint density at radius 2 is 2.03 bits per heavy atom. The first-order valence-electron chi connectivity index (χ1n) is 11.9. The van der Waals surface area contributed by atoms with E-state index in [1.54, 1.807) is 30.1 Å². The lowest BCUT2D eigenvalue weighted by molar-refractivity contribution is -0.126. The van der Waals surface area contributed by atoms with Crippen LogP contribution < -0.4 is 10.2 Å². The number of carbonyl (C=O) groups is 1.